The van der Waals surface area contributed by atoms with Crippen LogP contribution in [0.4, 0.5) is 0 Å². The molecule has 5 aromatic carbocycles. The van der Waals surface area contributed by atoms with E-state index in [-0.39, 0.29) is 0 Å². The molecule has 0 amide bonds. The molecular weight excluding hydrogens is 502 g/mol. The summed E-state index contributed by atoms with van der Waals surface area (Å²) in [7, 11) is 0. The van der Waals surface area contributed by atoms with Crippen LogP contribution in [0.1, 0.15) is 17.5 Å². The SMILES string of the molecule is c1cccc(-c2ccc3c4ccccc4n(-c4ccccc4)c3c2-c2sc(-c3ccccc3)c3c2CCC=C3)c#1. The number of nitrogens with zero attached hydrogens (tertiary/aromatic N) is 1. The maximum atomic E-state index is 3.43. The number of allylic oxidation sites excluding steroid dienone is 1. The van der Waals surface area contributed by atoms with Gasteiger partial charge in [0.2, 0.25) is 0 Å². The Labute approximate surface area is 238 Å². The van der Waals surface area contributed by atoms with Crippen molar-refractivity contribution in [2.75, 3.05) is 0 Å². The van der Waals surface area contributed by atoms with Gasteiger partial charge in [-0.1, -0.05) is 109 Å². The second kappa shape index (κ2) is 9.42. The maximum absolute atomic E-state index is 3.43. The third-order valence-electron chi connectivity index (χ3n) is 7.95. The summed E-state index contributed by atoms with van der Waals surface area (Å²) < 4.78 is 2.46. The first-order valence-electron chi connectivity index (χ1n) is 13.8. The number of hydrogen-bond acceptors (Lipinski definition) is 1. The maximum Gasteiger partial charge on any atom is 0.0634 e. The fraction of sp³-hybridized carbons (Fsp3) is 0.0526. The molecule has 2 aromatic heterocycles. The van der Waals surface area contributed by atoms with Crippen LogP contribution in [0.15, 0.2) is 121 Å². The molecule has 1 nitrogen and oxygen atoms in total. The van der Waals surface area contributed by atoms with Crippen molar-refractivity contribution in [1.82, 2.24) is 4.57 Å². The van der Waals surface area contributed by atoms with E-state index in [1.165, 1.54) is 65.1 Å². The lowest BCUT2D eigenvalue weighted by Gasteiger charge is -2.16. The molecule has 0 N–H and O–H groups in total. The van der Waals surface area contributed by atoms with E-state index < -0.39 is 0 Å². The molecule has 0 radical (unpaired) electrons. The van der Waals surface area contributed by atoms with E-state index >= 15 is 0 Å². The van der Waals surface area contributed by atoms with Gasteiger partial charge in [-0.2, -0.15) is 0 Å². The summed E-state index contributed by atoms with van der Waals surface area (Å²) in [6, 6.07) is 47.8. The van der Waals surface area contributed by atoms with E-state index in [9.17, 15) is 0 Å². The van der Waals surface area contributed by atoms with Crippen molar-refractivity contribution < 1.29 is 0 Å². The number of rotatable bonds is 4. The number of fused-ring (bicyclic) bond motifs is 4. The molecule has 0 aliphatic heterocycles. The quantitative estimate of drug-likeness (QED) is 0.215. The van der Waals surface area contributed by atoms with Crippen LogP contribution in [0.25, 0.3) is 65.6 Å². The fourth-order valence-electron chi connectivity index (χ4n) is 6.20. The molecule has 0 bridgehead atoms. The van der Waals surface area contributed by atoms with Crippen LogP contribution < -0.4 is 0 Å². The highest BCUT2D eigenvalue weighted by Gasteiger charge is 2.26. The molecule has 8 rings (SSSR count). The Kier molecular flexibility index (Phi) is 5.43. The van der Waals surface area contributed by atoms with E-state index in [4.69, 9.17) is 0 Å². The first-order valence-corrected chi connectivity index (χ1v) is 14.6. The van der Waals surface area contributed by atoms with Crippen molar-refractivity contribution in [3.63, 3.8) is 0 Å². The van der Waals surface area contributed by atoms with Crippen molar-refractivity contribution in [2.24, 2.45) is 0 Å². The molecule has 0 spiro atoms. The minimum atomic E-state index is 1.04. The van der Waals surface area contributed by atoms with E-state index in [0.29, 0.717) is 0 Å². The average Bonchev–Trinajstić information content (AvgIpc) is 3.58. The van der Waals surface area contributed by atoms with Crippen LogP contribution in [-0.2, 0) is 6.42 Å². The molecule has 7 aromatic rings. The van der Waals surface area contributed by atoms with Crippen molar-refractivity contribution in [3.8, 4) is 37.7 Å². The number of para-hydroxylation sites is 2. The van der Waals surface area contributed by atoms with Crippen molar-refractivity contribution in [1.29, 1.82) is 0 Å². The van der Waals surface area contributed by atoms with Gasteiger partial charge < -0.3 is 4.57 Å². The second-order valence-corrected chi connectivity index (χ2v) is 11.3. The van der Waals surface area contributed by atoms with E-state index in [1.807, 2.05) is 17.4 Å². The predicted octanol–water partition coefficient (Wildman–Crippen LogP) is 10.4. The van der Waals surface area contributed by atoms with Gasteiger partial charge in [-0.25, -0.2) is 0 Å². The molecule has 0 saturated heterocycles. The lowest BCUT2D eigenvalue weighted by Crippen LogP contribution is -1.98. The highest BCUT2D eigenvalue weighted by molar-refractivity contribution is 7.19. The summed E-state index contributed by atoms with van der Waals surface area (Å²) in [6.07, 6.45) is 6.77. The molecule has 2 heterocycles. The summed E-state index contributed by atoms with van der Waals surface area (Å²) in [4.78, 5) is 2.70. The molecule has 0 unspecified atom stereocenters. The highest BCUT2D eigenvalue weighted by Crippen LogP contribution is 2.51. The first-order chi connectivity index (χ1) is 19.9. The molecule has 40 heavy (non-hydrogen) atoms. The normalized spacial score (nSPS) is 12.5. The number of hydrogen-bond donors (Lipinski definition) is 0. The number of aromatic nitrogens is 1. The van der Waals surface area contributed by atoms with Crippen molar-refractivity contribution in [2.45, 2.75) is 12.8 Å². The molecule has 188 valence electrons. The zero-order valence-electron chi connectivity index (χ0n) is 21.9. The van der Waals surface area contributed by atoms with E-state index in [2.05, 4.69) is 138 Å². The third kappa shape index (κ3) is 3.56. The van der Waals surface area contributed by atoms with Gasteiger partial charge in [0.1, 0.15) is 0 Å². The van der Waals surface area contributed by atoms with Gasteiger partial charge in [-0.15, -0.1) is 11.3 Å². The van der Waals surface area contributed by atoms with Gasteiger partial charge in [0, 0.05) is 42.9 Å². The van der Waals surface area contributed by atoms with Crippen LogP contribution in [0.3, 0.4) is 0 Å². The zero-order chi connectivity index (χ0) is 26.5. The second-order valence-electron chi connectivity index (χ2n) is 10.2. The molecule has 1 aliphatic carbocycles. The predicted molar refractivity (Wildman–Crippen MR) is 170 cm³/mol. The molecule has 2 heteroatoms. The Morgan fingerprint density at radius 2 is 1.50 bits per heavy atom. The zero-order valence-corrected chi connectivity index (χ0v) is 22.7. The lowest BCUT2D eigenvalue weighted by atomic mass is 9.90. The first kappa shape index (κ1) is 23.1. The Balaban J connectivity index is 1.56. The van der Waals surface area contributed by atoms with Gasteiger partial charge in [-0.3, -0.25) is 0 Å². The Morgan fingerprint density at radius 1 is 0.700 bits per heavy atom. The third-order valence-corrected chi connectivity index (χ3v) is 9.26. The topological polar surface area (TPSA) is 4.93 Å². The van der Waals surface area contributed by atoms with Crippen LogP contribution in [0.2, 0.25) is 0 Å². The molecule has 0 fully saturated rings. The van der Waals surface area contributed by atoms with Crippen LogP contribution >= 0.6 is 11.3 Å². The number of benzene rings is 4. The Morgan fingerprint density at radius 3 is 2.33 bits per heavy atom. The van der Waals surface area contributed by atoms with E-state index in [0.717, 1.165) is 18.4 Å². The summed E-state index contributed by atoms with van der Waals surface area (Å²) in [5.74, 6) is 0. The van der Waals surface area contributed by atoms with Gasteiger partial charge in [0.05, 0.1) is 11.0 Å². The van der Waals surface area contributed by atoms with Crippen LogP contribution in [-0.4, -0.2) is 4.57 Å². The van der Waals surface area contributed by atoms with Gasteiger partial charge in [0.15, 0.2) is 0 Å². The molecular formula is C38H25NS. The Hall–Kier alpha value is -4.84. The fourth-order valence-corrected chi connectivity index (χ4v) is 7.61. The van der Waals surface area contributed by atoms with E-state index in [1.54, 1.807) is 0 Å². The molecule has 0 saturated carbocycles. The molecule has 1 aliphatic rings. The van der Waals surface area contributed by atoms with Crippen LogP contribution in [0.5, 0.6) is 0 Å². The summed E-state index contributed by atoms with van der Waals surface area (Å²) in [6.45, 7) is 0. The van der Waals surface area contributed by atoms with Gasteiger partial charge in [-0.05, 0) is 59.9 Å². The summed E-state index contributed by atoms with van der Waals surface area (Å²) in [5, 5.41) is 2.54. The van der Waals surface area contributed by atoms with Crippen molar-refractivity contribution in [3.05, 3.63) is 145 Å². The smallest absolute Gasteiger partial charge is 0.0634 e. The standard InChI is InChI=1S/C38H25NS/c1-4-14-26(15-5-1)29-24-25-31-30-20-12-13-23-34(30)39(28-18-8-3-9-19-28)36(31)35(29)38-33-22-11-10-21-32(33)37(40-38)27-16-6-2-7-17-27/h1-4,6-10,12-14,16-21,23-25H,11,22H2. The van der Waals surface area contributed by atoms with Gasteiger partial charge >= 0.3 is 0 Å². The lowest BCUT2D eigenvalue weighted by molar-refractivity contribution is 0.996. The Bertz CT molecular complexity index is 2030. The largest absolute Gasteiger partial charge is 0.309 e. The minimum absolute atomic E-state index is 1.04. The summed E-state index contributed by atoms with van der Waals surface area (Å²) in [5.41, 5.74) is 11.3. The van der Waals surface area contributed by atoms with Crippen molar-refractivity contribution >= 4 is 39.2 Å². The monoisotopic (exact) mass is 527 g/mol. The summed E-state index contributed by atoms with van der Waals surface area (Å²) >= 11 is 1.93. The number of thiophene rings is 1. The van der Waals surface area contributed by atoms with Crippen LogP contribution in [0, 0.1) is 12.1 Å². The molecule has 0 atom stereocenters. The minimum Gasteiger partial charge on any atom is -0.309 e. The van der Waals surface area contributed by atoms with Gasteiger partial charge in [0.25, 0.3) is 0 Å². The highest BCUT2D eigenvalue weighted by atomic mass is 32.1. The average molecular weight is 528 g/mol.